The SMILES string of the molecule is Cc1ccc(/C=C/C(=O)NC23CC4CC(CC(C4)C2)C3)o1. The lowest BCUT2D eigenvalue weighted by atomic mass is 9.53. The van der Waals surface area contributed by atoms with Gasteiger partial charge in [0.25, 0.3) is 0 Å². The summed E-state index contributed by atoms with van der Waals surface area (Å²) in [6, 6.07) is 3.81. The molecule has 0 aromatic carbocycles. The maximum Gasteiger partial charge on any atom is 0.244 e. The topological polar surface area (TPSA) is 42.2 Å². The highest BCUT2D eigenvalue weighted by Crippen LogP contribution is 2.55. The zero-order valence-corrected chi connectivity index (χ0v) is 12.6. The molecule has 1 aromatic heterocycles. The summed E-state index contributed by atoms with van der Waals surface area (Å²) in [7, 11) is 0. The monoisotopic (exact) mass is 285 g/mol. The van der Waals surface area contributed by atoms with Crippen LogP contribution < -0.4 is 5.32 Å². The van der Waals surface area contributed by atoms with Gasteiger partial charge in [0.05, 0.1) is 0 Å². The van der Waals surface area contributed by atoms with Crippen LogP contribution in [0.25, 0.3) is 6.08 Å². The first kappa shape index (κ1) is 13.2. The standard InChI is InChI=1S/C18H23NO2/c1-12-2-3-16(21-12)4-5-17(20)19-18-9-13-6-14(10-18)8-15(7-13)11-18/h2-5,13-15H,6-11H2,1H3,(H,19,20)/b5-4+. The number of carbonyl (C=O) groups excluding carboxylic acids is 1. The Bertz CT molecular complexity index is 549. The van der Waals surface area contributed by atoms with Gasteiger partial charge in [0.1, 0.15) is 11.5 Å². The van der Waals surface area contributed by atoms with Crippen molar-refractivity contribution in [3.05, 3.63) is 29.7 Å². The summed E-state index contributed by atoms with van der Waals surface area (Å²) >= 11 is 0. The average molecular weight is 285 g/mol. The zero-order chi connectivity index (χ0) is 14.4. The van der Waals surface area contributed by atoms with E-state index < -0.39 is 0 Å². The number of aryl methyl sites for hydroxylation is 1. The van der Waals surface area contributed by atoms with Gasteiger partial charge in [-0.25, -0.2) is 0 Å². The second kappa shape index (κ2) is 4.75. The van der Waals surface area contributed by atoms with Crippen molar-refractivity contribution in [2.24, 2.45) is 17.8 Å². The molecule has 21 heavy (non-hydrogen) atoms. The Labute approximate surface area is 125 Å². The van der Waals surface area contributed by atoms with Gasteiger partial charge in [-0.05, 0) is 81.4 Å². The molecule has 4 bridgehead atoms. The van der Waals surface area contributed by atoms with E-state index in [1.807, 2.05) is 19.1 Å². The van der Waals surface area contributed by atoms with E-state index in [9.17, 15) is 4.79 Å². The minimum Gasteiger partial charge on any atom is -0.462 e. The maximum absolute atomic E-state index is 12.3. The third-order valence-electron chi connectivity index (χ3n) is 5.59. The van der Waals surface area contributed by atoms with Gasteiger partial charge in [0.15, 0.2) is 0 Å². The fourth-order valence-corrected chi connectivity index (χ4v) is 5.27. The Hall–Kier alpha value is -1.51. The summed E-state index contributed by atoms with van der Waals surface area (Å²) in [5, 5.41) is 3.33. The van der Waals surface area contributed by atoms with E-state index in [0.29, 0.717) is 0 Å². The molecule has 4 aliphatic rings. The fourth-order valence-electron chi connectivity index (χ4n) is 5.27. The van der Waals surface area contributed by atoms with Gasteiger partial charge in [-0.1, -0.05) is 0 Å². The van der Waals surface area contributed by atoms with E-state index in [0.717, 1.165) is 29.3 Å². The first-order valence-electron chi connectivity index (χ1n) is 8.17. The van der Waals surface area contributed by atoms with Crippen LogP contribution in [0.5, 0.6) is 0 Å². The molecule has 4 saturated carbocycles. The Morgan fingerprint density at radius 3 is 2.33 bits per heavy atom. The van der Waals surface area contributed by atoms with Crippen LogP contribution in [-0.4, -0.2) is 11.4 Å². The molecule has 0 unspecified atom stereocenters. The van der Waals surface area contributed by atoms with Gasteiger partial charge in [-0.3, -0.25) is 4.79 Å². The van der Waals surface area contributed by atoms with Gasteiger partial charge in [-0.2, -0.15) is 0 Å². The summed E-state index contributed by atoms with van der Waals surface area (Å²) in [4.78, 5) is 12.3. The van der Waals surface area contributed by atoms with Crippen LogP contribution in [0.3, 0.4) is 0 Å². The number of amides is 1. The fraction of sp³-hybridized carbons (Fsp3) is 0.611. The van der Waals surface area contributed by atoms with Crippen molar-refractivity contribution in [1.82, 2.24) is 5.32 Å². The van der Waals surface area contributed by atoms with Crippen LogP contribution in [0.4, 0.5) is 0 Å². The average Bonchev–Trinajstić information content (AvgIpc) is 2.80. The van der Waals surface area contributed by atoms with E-state index in [4.69, 9.17) is 4.42 Å². The van der Waals surface area contributed by atoms with Crippen LogP contribution >= 0.6 is 0 Å². The minimum atomic E-state index is 0.0333. The predicted molar refractivity (Wildman–Crippen MR) is 81.5 cm³/mol. The van der Waals surface area contributed by atoms with Gasteiger partial charge in [0.2, 0.25) is 5.91 Å². The molecule has 3 heteroatoms. The lowest BCUT2D eigenvalue weighted by Crippen LogP contribution is -2.59. The molecule has 0 atom stereocenters. The summed E-state index contributed by atoms with van der Waals surface area (Å²) in [5.41, 5.74) is 0.0925. The normalized spacial score (nSPS) is 37.3. The molecular weight excluding hydrogens is 262 g/mol. The molecule has 0 spiro atoms. The van der Waals surface area contributed by atoms with E-state index >= 15 is 0 Å². The highest BCUT2D eigenvalue weighted by Gasteiger charge is 2.51. The Morgan fingerprint density at radius 1 is 1.19 bits per heavy atom. The summed E-state index contributed by atoms with van der Waals surface area (Å²) in [5.74, 6) is 4.21. The van der Waals surface area contributed by atoms with Gasteiger partial charge in [0, 0.05) is 11.6 Å². The molecule has 0 saturated heterocycles. The maximum atomic E-state index is 12.3. The summed E-state index contributed by atoms with van der Waals surface area (Å²) in [6.07, 6.45) is 11.2. The third-order valence-corrected chi connectivity index (χ3v) is 5.59. The highest BCUT2D eigenvalue weighted by atomic mass is 16.3. The molecule has 1 heterocycles. The van der Waals surface area contributed by atoms with Crippen molar-refractivity contribution in [2.75, 3.05) is 0 Å². The highest BCUT2D eigenvalue weighted by molar-refractivity contribution is 5.91. The number of nitrogens with one attached hydrogen (secondary N) is 1. The Kier molecular flexibility index (Phi) is 2.98. The third kappa shape index (κ3) is 2.54. The van der Waals surface area contributed by atoms with Gasteiger partial charge >= 0.3 is 0 Å². The molecule has 3 nitrogen and oxygen atoms in total. The lowest BCUT2D eigenvalue weighted by molar-refractivity contribution is -0.122. The molecule has 1 aromatic rings. The second-order valence-corrected chi connectivity index (χ2v) is 7.47. The van der Waals surface area contributed by atoms with Crippen LogP contribution in [0.15, 0.2) is 22.6 Å². The first-order valence-corrected chi connectivity index (χ1v) is 8.17. The largest absolute Gasteiger partial charge is 0.462 e. The summed E-state index contributed by atoms with van der Waals surface area (Å²) < 4.78 is 5.46. The molecular formula is C18H23NO2. The summed E-state index contributed by atoms with van der Waals surface area (Å²) in [6.45, 7) is 1.91. The molecule has 5 rings (SSSR count). The molecule has 0 aliphatic heterocycles. The molecule has 1 amide bonds. The molecule has 4 fully saturated rings. The molecule has 112 valence electrons. The molecule has 4 aliphatic carbocycles. The quantitative estimate of drug-likeness (QED) is 0.861. The Morgan fingerprint density at radius 2 is 1.81 bits per heavy atom. The molecule has 0 radical (unpaired) electrons. The second-order valence-electron chi connectivity index (χ2n) is 7.47. The lowest BCUT2D eigenvalue weighted by Gasteiger charge is -2.56. The number of hydrogen-bond acceptors (Lipinski definition) is 2. The van der Waals surface area contributed by atoms with Crippen molar-refractivity contribution in [2.45, 2.75) is 51.0 Å². The van der Waals surface area contributed by atoms with Gasteiger partial charge in [-0.15, -0.1) is 0 Å². The number of hydrogen-bond donors (Lipinski definition) is 1. The molecule has 1 N–H and O–H groups in total. The number of carbonyl (C=O) groups is 1. The van der Waals surface area contributed by atoms with Gasteiger partial charge < -0.3 is 9.73 Å². The van der Waals surface area contributed by atoms with Crippen molar-refractivity contribution < 1.29 is 9.21 Å². The van der Waals surface area contributed by atoms with E-state index in [1.165, 1.54) is 38.5 Å². The van der Waals surface area contributed by atoms with Crippen LogP contribution in [-0.2, 0) is 4.79 Å². The van der Waals surface area contributed by atoms with E-state index in [-0.39, 0.29) is 11.4 Å². The number of rotatable bonds is 3. The smallest absolute Gasteiger partial charge is 0.244 e. The van der Waals surface area contributed by atoms with Crippen LogP contribution in [0.2, 0.25) is 0 Å². The Balaban J connectivity index is 1.43. The van der Waals surface area contributed by atoms with Crippen molar-refractivity contribution in [3.8, 4) is 0 Å². The van der Waals surface area contributed by atoms with Crippen molar-refractivity contribution in [3.63, 3.8) is 0 Å². The van der Waals surface area contributed by atoms with Crippen LogP contribution in [0, 0.1) is 24.7 Å². The number of furan rings is 1. The van der Waals surface area contributed by atoms with Crippen LogP contribution in [0.1, 0.15) is 50.0 Å². The minimum absolute atomic E-state index is 0.0333. The van der Waals surface area contributed by atoms with Crippen molar-refractivity contribution in [1.29, 1.82) is 0 Å². The van der Waals surface area contributed by atoms with E-state index in [1.54, 1.807) is 12.2 Å². The predicted octanol–water partition coefficient (Wildman–Crippen LogP) is 3.69. The van der Waals surface area contributed by atoms with Crippen molar-refractivity contribution >= 4 is 12.0 Å². The first-order chi connectivity index (χ1) is 10.1. The van der Waals surface area contributed by atoms with E-state index in [2.05, 4.69) is 5.32 Å². The zero-order valence-electron chi connectivity index (χ0n) is 12.6.